The van der Waals surface area contributed by atoms with Crippen LogP contribution >= 0.6 is 0 Å². The Bertz CT molecular complexity index is 1920. The zero-order chi connectivity index (χ0) is 25.8. The van der Waals surface area contributed by atoms with Gasteiger partial charge in [0.25, 0.3) is 0 Å². The van der Waals surface area contributed by atoms with Gasteiger partial charge in [0.15, 0.2) is 0 Å². The molecule has 0 saturated heterocycles. The van der Waals surface area contributed by atoms with Gasteiger partial charge < -0.3 is 9.47 Å². The van der Waals surface area contributed by atoms with Crippen LogP contribution in [0.3, 0.4) is 0 Å². The Morgan fingerprint density at radius 3 is 1.67 bits per heavy atom. The van der Waals surface area contributed by atoms with E-state index < -0.39 is 0 Å². The van der Waals surface area contributed by atoms with Gasteiger partial charge in [-0.25, -0.2) is 0 Å². The predicted octanol–water partition coefficient (Wildman–Crippen LogP) is 7.08. The molecule has 0 amide bonds. The molecule has 0 fully saturated rings. The molecule has 182 valence electrons. The number of para-hydroxylation sites is 5. The van der Waals surface area contributed by atoms with E-state index in [4.69, 9.17) is 0 Å². The minimum atomic E-state index is 0.186. The van der Waals surface area contributed by atoms with Crippen LogP contribution in [0.4, 0.5) is 17.1 Å². The first-order chi connectivity index (χ1) is 19.4. The lowest BCUT2D eigenvalue weighted by molar-refractivity contribution is 1.17. The van der Waals surface area contributed by atoms with Crippen LogP contribution in [0.2, 0.25) is 0 Å². The lowest BCUT2D eigenvalue weighted by atomic mass is 9.35. The van der Waals surface area contributed by atoms with Gasteiger partial charge in [-0.3, -0.25) is 0 Å². The summed E-state index contributed by atoms with van der Waals surface area (Å²) in [6.45, 7) is 0.186. The van der Waals surface area contributed by atoms with Crippen molar-refractivity contribution < 1.29 is 0 Å². The van der Waals surface area contributed by atoms with Crippen molar-refractivity contribution in [3.8, 4) is 5.69 Å². The Hall–Kier alpha value is -5.02. The number of benzene rings is 6. The van der Waals surface area contributed by atoms with E-state index in [2.05, 4.69) is 161 Å². The van der Waals surface area contributed by atoms with Gasteiger partial charge in [-0.2, -0.15) is 0 Å². The van der Waals surface area contributed by atoms with Gasteiger partial charge in [-0.05, 0) is 47.3 Å². The molecule has 0 N–H and O–H groups in total. The number of fused-ring (bicyclic) bond motifs is 5. The van der Waals surface area contributed by atoms with Crippen LogP contribution in [0.1, 0.15) is 0 Å². The Kier molecular flexibility index (Phi) is 4.96. The van der Waals surface area contributed by atoms with E-state index in [9.17, 15) is 0 Å². The topological polar surface area (TPSA) is 8.17 Å². The molecule has 0 radical (unpaired) electrons. The summed E-state index contributed by atoms with van der Waals surface area (Å²) in [5.74, 6) is 0. The average molecular weight is 496 g/mol. The number of nitrogens with zero attached hydrogens (tertiary/aromatic N) is 2. The van der Waals surface area contributed by atoms with Crippen LogP contribution in [-0.2, 0) is 0 Å². The molecular formula is C36H25BN2. The van der Waals surface area contributed by atoms with E-state index in [0.29, 0.717) is 0 Å². The summed E-state index contributed by atoms with van der Waals surface area (Å²) in [5.41, 5.74) is 11.2. The van der Waals surface area contributed by atoms with Crippen LogP contribution in [0.5, 0.6) is 0 Å². The SMILES string of the molecule is c1ccc(B2c3ccccc3-n3c4c2cccc4c2cccc(N(c4ccccc4)c4ccccc4)c23)cc1. The van der Waals surface area contributed by atoms with Crippen LogP contribution in [0.25, 0.3) is 27.5 Å². The number of aromatic nitrogens is 1. The van der Waals surface area contributed by atoms with Gasteiger partial charge in [-0.15, -0.1) is 0 Å². The molecule has 0 spiro atoms. The Balaban J connectivity index is 1.52. The molecular weight excluding hydrogens is 471 g/mol. The van der Waals surface area contributed by atoms with Crippen LogP contribution in [0.15, 0.2) is 152 Å². The molecule has 0 bridgehead atoms. The fourth-order valence-electron chi connectivity index (χ4n) is 6.47. The number of hydrogen-bond donors (Lipinski definition) is 0. The maximum absolute atomic E-state index is 2.52. The Morgan fingerprint density at radius 2 is 0.974 bits per heavy atom. The monoisotopic (exact) mass is 496 g/mol. The highest BCUT2D eigenvalue weighted by atomic mass is 15.2. The second-order valence-corrected chi connectivity index (χ2v) is 10.2. The van der Waals surface area contributed by atoms with Crippen LogP contribution in [-0.4, -0.2) is 11.3 Å². The van der Waals surface area contributed by atoms with Gasteiger partial charge in [0.2, 0.25) is 6.71 Å². The normalized spacial score (nSPS) is 12.1. The third-order valence-electron chi connectivity index (χ3n) is 8.02. The van der Waals surface area contributed by atoms with E-state index in [1.807, 2.05) is 0 Å². The van der Waals surface area contributed by atoms with E-state index in [1.165, 1.54) is 49.6 Å². The minimum Gasteiger partial charge on any atom is -0.308 e. The van der Waals surface area contributed by atoms with Crippen molar-refractivity contribution in [3.63, 3.8) is 0 Å². The Labute approximate surface area is 228 Å². The summed E-state index contributed by atoms with van der Waals surface area (Å²) in [5, 5.41) is 2.56. The molecule has 1 aliphatic heterocycles. The summed E-state index contributed by atoms with van der Waals surface area (Å²) >= 11 is 0. The van der Waals surface area contributed by atoms with E-state index >= 15 is 0 Å². The summed E-state index contributed by atoms with van der Waals surface area (Å²) in [7, 11) is 0. The first-order valence-corrected chi connectivity index (χ1v) is 13.5. The largest absolute Gasteiger partial charge is 0.308 e. The molecule has 1 aromatic heterocycles. The fraction of sp³-hybridized carbons (Fsp3) is 0. The summed E-state index contributed by atoms with van der Waals surface area (Å²) < 4.78 is 2.52. The number of rotatable bonds is 4. The molecule has 0 aliphatic carbocycles. The maximum Gasteiger partial charge on any atom is 0.246 e. The first kappa shape index (κ1) is 22.0. The van der Waals surface area contributed by atoms with E-state index in [0.717, 1.165) is 11.4 Å². The molecule has 0 saturated carbocycles. The van der Waals surface area contributed by atoms with Crippen molar-refractivity contribution in [1.29, 1.82) is 0 Å². The van der Waals surface area contributed by atoms with Crippen molar-refractivity contribution >= 4 is 62.0 Å². The van der Waals surface area contributed by atoms with Crippen molar-refractivity contribution in [3.05, 3.63) is 152 Å². The summed E-state index contributed by atoms with van der Waals surface area (Å²) in [6, 6.07) is 54.8. The van der Waals surface area contributed by atoms with Crippen LogP contribution < -0.4 is 21.3 Å². The zero-order valence-electron chi connectivity index (χ0n) is 21.4. The lowest BCUT2D eigenvalue weighted by Gasteiger charge is -2.29. The third kappa shape index (κ3) is 3.30. The lowest BCUT2D eigenvalue weighted by Crippen LogP contribution is -2.55. The molecule has 7 aromatic rings. The molecule has 0 unspecified atom stereocenters. The van der Waals surface area contributed by atoms with Crippen molar-refractivity contribution in [2.24, 2.45) is 0 Å². The van der Waals surface area contributed by atoms with Gasteiger partial charge in [0, 0.05) is 33.4 Å². The van der Waals surface area contributed by atoms with Crippen molar-refractivity contribution in [2.75, 3.05) is 4.90 Å². The van der Waals surface area contributed by atoms with Gasteiger partial charge >= 0.3 is 0 Å². The highest BCUT2D eigenvalue weighted by Crippen LogP contribution is 2.43. The third-order valence-corrected chi connectivity index (χ3v) is 8.02. The molecule has 3 heteroatoms. The fourth-order valence-corrected chi connectivity index (χ4v) is 6.47. The van der Waals surface area contributed by atoms with Gasteiger partial charge in [-0.1, -0.05) is 121 Å². The highest BCUT2D eigenvalue weighted by molar-refractivity contribution is 6.98. The zero-order valence-corrected chi connectivity index (χ0v) is 21.4. The molecule has 8 rings (SSSR count). The summed E-state index contributed by atoms with van der Waals surface area (Å²) in [6.07, 6.45) is 0. The Morgan fingerprint density at radius 1 is 0.436 bits per heavy atom. The molecule has 0 atom stereocenters. The predicted molar refractivity (Wildman–Crippen MR) is 167 cm³/mol. The number of anilines is 3. The molecule has 2 nitrogen and oxygen atoms in total. The quantitative estimate of drug-likeness (QED) is 0.236. The first-order valence-electron chi connectivity index (χ1n) is 13.5. The molecule has 1 aliphatic rings. The number of hydrogen-bond acceptors (Lipinski definition) is 1. The van der Waals surface area contributed by atoms with Gasteiger partial charge in [0.1, 0.15) is 0 Å². The highest BCUT2D eigenvalue weighted by Gasteiger charge is 2.34. The molecule has 39 heavy (non-hydrogen) atoms. The van der Waals surface area contributed by atoms with Crippen molar-refractivity contribution in [2.45, 2.75) is 0 Å². The second kappa shape index (κ2) is 8.78. The van der Waals surface area contributed by atoms with E-state index in [1.54, 1.807) is 0 Å². The molecule has 6 aromatic carbocycles. The van der Waals surface area contributed by atoms with Crippen LogP contribution in [0, 0.1) is 0 Å². The second-order valence-electron chi connectivity index (χ2n) is 10.2. The molecule has 2 heterocycles. The van der Waals surface area contributed by atoms with Gasteiger partial charge in [0.05, 0.1) is 11.2 Å². The smallest absolute Gasteiger partial charge is 0.246 e. The maximum atomic E-state index is 2.52. The van der Waals surface area contributed by atoms with Crippen molar-refractivity contribution in [1.82, 2.24) is 4.57 Å². The van der Waals surface area contributed by atoms with E-state index in [-0.39, 0.29) is 6.71 Å². The average Bonchev–Trinajstić information content (AvgIpc) is 3.36. The summed E-state index contributed by atoms with van der Waals surface area (Å²) in [4.78, 5) is 2.39. The minimum absolute atomic E-state index is 0.186. The standard InChI is InChI=1S/C36H25BN2/c1-4-14-26(15-5-1)37-31-22-10-11-24-33(31)39-35-29(20-12-23-32(35)37)30-21-13-25-34(36(30)39)38(27-16-6-2-7-17-27)28-18-8-3-9-19-28/h1-25H.